The van der Waals surface area contributed by atoms with Crippen molar-refractivity contribution >= 4 is 0 Å². The smallest absolute Gasteiger partial charge is 0.335 e. The number of hydrogen-bond acceptors (Lipinski definition) is 4. The Morgan fingerprint density at radius 2 is 1.90 bits per heavy atom. The van der Waals surface area contributed by atoms with Crippen LogP contribution in [-0.4, -0.2) is 20.3 Å². The van der Waals surface area contributed by atoms with Crippen molar-refractivity contribution in [1.29, 1.82) is 0 Å². The third-order valence-corrected chi connectivity index (χ3v) is 2.86. The van der Waals surface area contributed by atoms with Gasteiger partial charge in [0.25, 0.3) is 0 Å². The Morgan fingerprint density at radius 3 is 2.50 bits per heavy atom. The average molecular weight is 274 g/mol. The van der Waals surface area contributed by atoms with Gasteiger partial charge in [-0.05, 0) is 31.9 Å². The van der Waals surface area contributed by atoms with Gasteiger partial charge in [-0.25, -0.2) is 0 Å². The molecule has 1 heterocycles. The number of aromatic nitrogens is 3. The second-order valence-corrected chi connectivity index (χ2v) is 5.86. The molecule has 0 atom stereocenters. The molecule has 0 saturated heterocycles. The highest BCUT2D eigenvalue weighted by molar-refractivity contribution is 5.26. The molecule has 0 bridgehead atoms. The molecule has 108 valence electrons. The molecular formula is C15H22N4O. The zero-order chi connectivity index (χ0) is 14.6. The summed E-state index contributed by atoms with van der Waals surface area (Å²) in [7, 11) is 1.82. The van der Waals surface area contributed by atoms with Gasteiger partial charge in [0.05, 0.1) is 0 Å². The van der Waals surface area contributed by atoms with E-state index >= 15 is 0 Å². The lowest BCUT2D eigenvalue weighted by atomic mass is 10.1. The first-order valence-corrected chi connectivity index (χ1v) is 6.74. The summed E-state index contributed by atoms with van der Waals surface area (Å²) in [6.45, 7) is 7.77. The maximum atomic E-state index is 5.61. The normalized spacial score (nSPS) is 11.6. The topological polar surface area (TPSA) is 52.0 Å². The van der Waals surface area contributed by atoms with Crippen molar-refractivity contribution in [1.82, 2.24) is 20.1 Å². The number of hydrogen-bond donors (Lipinski definition) is 1. The van der Waals surface area contributed by atoms with Crippen molar-refractivity contribution in [3.63, 3.8) is 0 Å². The van der Waals surface area contributed by atoms with E-state index in [1.165, 1.54) is 5.56 Å². The van der Waals surface area contributed by atoms with Crippen molar-refractivity contribution in [2.24, 2.45) is 7.05 Å². The molecule has 0 spiro atoms. The van der Waals surface area contributed by atoms with E-state index in [0.29, 0.717) is 12.6 Å². The molecule has 5 heteroatoms. The summed E-state index contributed by atoms with van der Waals surface area (Å²) in [4.78, 5) is 4.06. The lowest BCUT2D eigenvalue weighted by Crippen LogP contribution is -2.35. The lowest BCUT2D eigenvalue weighted by Gasteiger charge is -2.21. The van der Waals surface area contributed by atoms with Gasteiger partial charge in [0, 0.05) is 19.1 Å². The van der Waals surface area contributed by atoms with Gasteiger partial charge in [0.1, 0.15) is 12.9 Å². The molecule has 0 saturated carbocycles. The van der Waals surface area contributed by atoms with Gasteiger partial charge in [0.2, 0.25) is 0 Å². The zero-order valence-corrected chi connectivity index (χ0v) is 12.6. The molecule has 1 N–H and O–H groups in total. The van der Waals surface area contributed by atoms with Crippen molar-refractivity contribution < 1.29 is 4.74 Å². The van der Waals surface area contributed by atoms with Crippen LogP contribution in [0, 0.1) is 0 Å². The molecule has 2 rings (SSSR count). The third-order valence-electron chi connectivity index (χ3n) is 2.86. The number of nitrogens with zero attached hydrogens (tertiary/aromatic N) is 3. The first-order valence-electron chi connectivity index (χ1n) is 6.74. The lowest BCUT2D eigenvalue weighted by molar-refractivity contribution is 0.278. The van der Waals surface area contributed by atoms with Crippen LogP contribution in [0.3, 0.4) is 0 Å². The van der Waals surface area contributed by atoms with E-state index in [1.54, 1.807) is 11.0 Å². The highest BCUT2D eigenvalue weighted by Crippen LogP contribution is 2.13. The molecule has 0 aliphatic carbocycles. The van der Waals surface area contributed by atoms with Gasteiger partial charge < -0.3 is 10.1 Å². The minimum absolute atomic E-state index is 0.0938. The predicted molar refractivity (Wildman–Crippen MR) is 78.4 cm³/mol. The summed E-state index contributed by atoms with van der Waals surface area (Å²) in [5.74, 6) is 0. The Kier molecular flexibility index (Phi) is 4.39. The van der Waals surface area contributed by atoms with Crippen molar-refractivity contribution in [3.05, 3.63) is 41.7 Å². The van der Waals surface area contributed by atoms with Gasteiger partial charge in [0.15, 0.2) is 0 Å². The Hall–Kier alpha value is -1.88. The molecule has 0 unspecified atom stereocenters. The standard InChI is InChI=1S/C15H22N4O/c1-15(2,3)17-9-12-7-5-6-8-13(12)10-20-14-16-11-19(4)18-14/h5-8,11,17H,9-10H2,1-4H3. The summed E-state index contributed by atoms with van der Waals surface area (Å²) in [5, 5.41) is 7.60. The van der Waals surface area contributed by atoms with Crippen LogP contribution < -0.4 is 10.1 Å². The van der Waals surface area contributed by atoms with Gasteiger partial charge >= 0.3 is 6.01 Å². The molecule has 20 heavy (non-hydrogen) atoms. The molecule has 0 aliphatic heterocycles. The van der Waals surface area contributed by atoms with E-state index in [9.17, 15) is 0 Å². The van der Waals surface area contributed by atoms with Crippen molar-refractivity contribution in [3.8, 4) is 6.01 Å². The third kappa shape index (κ3) is 4.35. The Balaban J connectivity index is 2.00. The Labute approximate surface area is 120 Å². The largest absolute Gasteiger partial charge is 0.458 e. The molecule has 0 amide bonds. The minimum Gasteiger partial charge on any atom is -0.458 e. The van der Waals surface area contributed by atoms with E-state index in [2.05, 4.69) is 48.3 Å². The second kappa shape index (κ2) is 6.05. The van der Waals surface area contributed by atoms with E-state index in [0.717, 1.165) is 12.1 Å². The van der Waals surface area contributed by atoms with Crippen molar-refractivity contribution in [2.45, 2.75) is 39.5 Å². The number of benzene rings is 1. The molecular weight excluding hydrogens is 252 g/mol. The summed E-state index contributed by atoms with van der Waals surface area (Å²) in [5.41, 5.74) is 2.48. The van der Waals surface area contributed by atoms with E-state index in [-0.39, 0.29) is 5.54 Å². The predicted octanol–water partition coefficient (Wildman–Crippen LogP) is 2.28. The Morgan fingerprint density at radius 1 is 1.20 bits per heavy atom. The quantitative estimate of drug-likeness (QED) is 0.909. The molecule has 0 fully saturated rings. The van der Waals surface area contributed by atoms with Gasteiger partial charge in [-0.3, -0.25) is 4.68 Å². The molecule has 2 aromatic rings. The molecule has 0 aliphatic rings. The molecule has 0 radical (unpaired) electrons. The van der Waals surface area contributed by atoms with E-state index < -0.39 is 0 Å². The van der Waals surface area contributed by atoms with Crippen LogP contribution in [0.15, 0.2) is 30.6 Å². The van der Waals surface area contributed by atoms with Crippen LogP contribution in [0.1, 0.15) is 31.9 Å². The van der Waals surface area contributed by atoms with Crippen LogP contribution in [0.2, 0.25) is 0 Å². The van der Waals surface area contributed by atoms with Gasteiger partial charge in [-0.2, -0.15) is 4.98 Å². The van der Waals surface area contributed by atoms with Crippen LogP contribution in [0.25, 0.3) is 0 Å². The minimum atomic E-state index is 0.0938. The maximum absolute atomic E-state index is 5.61. The first kappa shape index (κ1) is 14.5. The second-order valence-electron chi connectivity index (χ2n) is 5.86. The van der Waals surface area contributed by atoms with Crippen LogP contribution in [0.5, 0.6) is 6.01 Å². The first-order chi connectivity index (χ1) is 9.44. The van der Waals surface area contributed by atoms with Gasteiger partial charge in [-0.1, -0.05) is 24.3 Å². The van der Waals surface area contributed by atoms with Crippen LogP contribution >= 0.6 is 0 Å². The monoisotopic (exact) mass is 274 g/mol. The van der Waals surface area contributed by atoms with Crippen molar-refractivity contribution in [2.75, 3.05) is 0 Å². The summed E-state index contributed by atoms with van der Waals surface area (Å²) >= 11 is 0. The van der Waals surface area contributed by atoms with Crippen LogP contribution in [-0.2, 0) is 20.2 Å². The number of aryl methyl sites for hydroxylation is 1. The Bertz CT molecular complexity index is 557. The summed E-state index contributed by atoms with van der Waals surface area (Å²) in [6, 6.07) is 8.66. The van der Waals surface area contributed by atoms with Gasteiger partial charge in [-0.15, -0.1) is 5.10 Å². The van der Waals surface area contributed by atoms with E-state index in [1.807, 2.05) is 19.2 Å². The fraction of sp³-hybridized carbons (Fsp3) is 0.467. The average Bonchev–Trinajstić information content (AvgIpc) is 2.80. The molecule has 5 nitrogen and oxygen atoms in total. The van der Waals surface area contributed by atoms with Crippen LogP contribution in [0.4, 0.5) is 0 Å². The summed E-state index contributed by atoms with van der Waals surface area (Å²) < 4.78 is 7.24. The summed E-state index contributed by atoms with van der Waals surface area (Å²) in [6.07, 6.45) is 1.63. The fourth-order valence-electron chi connectivity index (χ4n) is 1.76. The molecule has 1 aromatic heterocycles. The SMILES string of the molecule is Cn1cnc(OCc2ccccc2CNC(C)(C)C)n1. The highest BCUT2D eigenvalue weighted by atomic mass is 16.5. The molecule has 1 aromatic carbocycles. The maximum Gasteiger partial charge on any atom is 0.335 e. The number of ether oxygens (including phenoxy) is 1. The fourth-order valence-corrected chi connectivity index (χ4v) is 1.76. The zero-order valence-electron chi connectivity index (χ0n) is 12.6. The number of rotatable bonds is 5. The van der Waals surface area contributed by atoms with E-state index in [4.69, 9.17) is 4.74 Å². The number of nitrogens with one attached hydrogen (secondary N) is 1. The highest BCUT2D eigenvalue weighted by Gasteiger charge is 2.10.